The zero-order chi connectivity index (χ0) is 13.4. The average molecular weight is 352 g/mol. The van der Waals surface area contributed by atoms with Gasteiger partial charge in [-0.15, -0.1) is 22.9 Å². The molecule has 0 bridgehead atoms. The van der Waals surface area contributed by atoms with Crippen molar-refractivity contribution in [1.82, 2.24) is 0 Å². The number of rotatable bonds is 2. The lowest BCUT2D eigenvalue weighted by Crippen LogP contribution is -1.92. The quantitative estimate of drug-likeness (QED) is 0.475. The fourth-order valence-electron chi connectivity index (χ4n) is 2.25. The molecule has 0 fully saturated rings. The maximum absolute atomic E-state index is 6.67. The van der Waals surface area contributed by atoms with Gasteiger partial charge in [-0.3, -0.25) is 0 Å². The Hall–Kier alpha value is -0.830. The van der Waals surface area contributed by atoms with Crippen LogP contribution in [0.1, 0.15) is 22.1 Å². The molecule has 3 rings (SSSR count). The second-order valence-corrected chi connectivity index (χ2v) is 6.75. The van der Waals surface area contributed by atoms with Gasteiger partial charge in [-0.1, -0.05) is 42.0 Å². The third kappa shape index (κ3) is 2.45. The van der Waals surface area contributed by atoms with E-state index in [1.54, 1.807) is 11.3 Å². The molecule has 0 spiro atoms. The summed E-state index contributed by atoms with van der Waals surface area (Å²) in [6.07, 6.45) is 0. The van der Waals surface area contributed by atoms with Crippen LogP contribution in [0.15, 0.2) is 52.3 Å². The Morgan fingerprint density at radius 1 is 1.16 bits per heavy atom. The van der Waals surface area contributed by atoms with Crippen LogP contribution in [0.2, 0.25) is 0 Å². The maximum atomic E-state index is 6.67. The molecule has 1 atom stereocenters. The molecule has 1 heterocycles. The molecule has 19 heavy (non-hydrogen) atoms. The van der Waals surface area contributed by atoms with Crippen LogP contribution in [-0.2, 0) is 0 Å². The summed E-state index contributed by atoms with van der Waals surface area (Å²) in [5, 5.41) is 3.30. The van der Waals surface area contributed by atoms with Gasteiger partial charge in [0.1, 0.15) is 0 Å². The van der Waals surface area contributed by atoms with Gasteiger partial charge >= 0.3 is 0 Å². The van der Waals surface area contributed by atoms with Crippen molar-refractivity contribution in [2.75, 3.05) is 0 Å². The largest absolute Gasteiger partial charge is 0.142 e. The molecule has 1 unspecified atom stereocenters. The van der Waals surface area contributed by atoms with E-state index in [2.05, 4.69) is 70.7 Å². The predicted molar refractivity (Wildman–Crippen MR) is 88.4 cm³/mol. The molecule has 3 heteroatoms. The summed E-state index contributed by atoms with van der Waals surface area (Å²) in [6.45, 7) is 2.09. The molecule has 1 aromatic heterocycles. The highest BCUT2D eigenvalue weighted by Crippen LogP contribution is 2.40. The SMILES string of the molecule is Cc1cccc(C(Cl)c2csc3c(Br)cccc23)c1. The molecule has 3 aromatic rings. The molecule has 0 aliphatic heterocycles. The van der Waals surface area contributed by atoms with Gasteiger partial charge in [0.05, 0.1) is 5.38 Å². The van der Waals surface area contributed by atoms with E-state index in [1.807, 2.05) is 0 Å². The zero-order valence-electron chi connectivity index (χ0n) is 10.4. The van der Waals surface area contributed by atoms with Gasteiger partial charge < -0.3 is 0 Å². The second kappa shape index (κ2) is 5.28. The van der Waals surface area contributed by atoms with Crippen molar-refractivity contribution < 1.29 is 0 Å². The van der Waals surface area contributed by atoms with Gasteiger partial charge in [-0.05, 0) is 50.8 Å². The third-order valence-electron chi connectivity index (χ3n) is 3.19. The number of alkyl halides is 1. The van der Waals surface area contributed by atoms with Crippen molar-refractivity contribution in [2.45, 2.75) is 12.3 Å². The van der Waals surface area contributed by atoms with Crippen LogP contribution in [0, 0.1) is 6.92 Å². The van der Waals surface area contributed by atoms with Gasteiger partial charge in [0.15, 0.2) is 0 Å². The molecule has 96 valence electrons. The van der Waals surface area contributed by atoms with Crippen molar-refractivity contribution in [3.63, 3.8) is 0 Å². The number of fused-ring (bicyclic) bond motifs is 1. The summed E-state index contributed by atoms with van der Waals surface area (Å²) in [4.78, 5) is 0. The van der Waals surface area contributed by atoms with Gasteiger partial charge in [-0.2, -0.15) is 0 Å². The highest BCUT2D eigenvalue weighted by Gasteiger charge is 2.16. The van der Waals surface area contributed by atoms with Crippen molar-refractivity contribution in [3.05, 3.63) is 69.0 Å². The van der Waals surface area contributed by atoms with Crippen molar-refractivity contribution in [3.8, 4) is 0 Å². The van der Waals surface area contributed by atoms with Gasteiger partial charge in [0.25, 0.3) is 0 Å². The number of halogens is 2. The van der Waals surface area contributed by atoms with Crippen LogP contribution < -0.4 is 0 Å². The molecule has 0 aliphatic carbocycles. The highest BCUT2D eigenvalue weighted by molar-refractivity contribution is 9.10. The van der Waals surface area contributed by atoms with E-state index < -0.39 is 0 Å². The normalized spacial score (nSPS) is 12.8. The lowest BCUT2D eigenvalue weighted by atomic mass is 10.0. The number of hydrogen-bond donors (Lipinski definition) is 0. The van der Waals surface area contributed by atoms with Crippen molar-refractivity contribution >= 4 is 49.0 Å². The highest BCUT2D eigenvalue weighted by atomic mass is 79.9. The first-order valence-electron chi connectivity index (χ1n) is 6.03. The second-order valence-electron chi connectivity index (χ2n) is 4.58. The predicted octanol–water partition coefficient (Wildman–Crippen LogP) is 6.30. The van der Waals surface area contributed by atoms with Crippen molar-refractivity contribution in [1.29, 1.82) is 0 Å². The molecule has 0 N–H and O–H groups in total. The lowest BCUT2D eigenvalue weighted by Gasteiger charge is -2.10. The summed E-state index contributed by atoms with van der Waals surface area (Å²) in [5.41, 5.74) is 3.58. The summed E-state index contributed by atoms with van der Waals surface area (Å²) in [5.74, 6) is 0. The Morgan fingerprint density at radius 3 is 2.74 bits per heavy atom. The van der Waals surface area contributed by atoms with E-state index in [-0.39, 0.29) is 5.38 Å². The Morgan fingerprint density at radius 2 is 1.95 bits per heavy atom. The molecule has 0 nitrogen and oxygen atoms in total. The first-order chi connectivity index (χ1) is 9.16. The van der Waals surface area contributed by atoms with Crippen LogP contribution in [-0.4, -0.2) is 0 Å². The number of thiophene rings is 1. The summed E-state index contributed by atoms with van der Waals surface area (Å²) >= 11 is 12.0. The van der Waals surface area contributed by atoms with E-state index in [1.165, 1.54) is 21.2 Å². The molecule has 0 saturated carbocycles. The lowest BCUT2D eigenvalue weighted by molar-refractivity contribution is 1.16. The Bertz CT molecular complexity index is 732. The molecular formula is C16H12BrClS. The van der Waals surface area contributed by atoms with Crippen LogP contribution in [0.5, 0.6) is 0 Å². The fourth-order valence-corrected chi connectivity index (χ4v) is 4.28. The van der Waals surface area contributed by atoms with Crippen LogP contribution in [0.3, 0.4) is 0 Å². The van der Waals surface area contributed by atoms with Crippen LogP contribution in [0.25, 0.3) is 10.1 Å². The number of aryl methyl sites for hydroxylation is 1. The van der Waals surface area contributed by atoms with E-state index in [9.17, 15) is 0 Å². The van der Waals surface area contributed by atoms with Gasteiger partial charge in [0.2, 0.25) is 0 Å². The molecule has 0 aliphatic rings. The van der Waals surface area contributed by atoms with Crippen LogP contribution >= 0.6 is 38.9 Å². The minimum atomic E-state index is -0.0945. The van der Waals surface area contributed by atoms with Crippen molar-refractivity contribution in [2.24, 2.45) is 0 Å². The minimum Gasteiger partial charge on any atom is -0.142 e. The minimum absolute atomic E-state index is 0.0945. The molecule has 2 aromatic carbocycles. The zero-order valence-corrected chi connectivity index (χ0v) is 13.5. The first-order valence-corrected chi connectivity index (χ1v) is 8.14. The maximum Gasteiger partial charge on any atom is 0.0849 e. The monoisotopic (exact) mass is 350 g/mol. The van der Waals surface area contributed by atoms with Crippen LogP contribution in [0.4, 0.5) is 0 Å². The Balaban J connectivity index is 2.12. The van der Waals surface area contributed by atoms with E-state index >= 15 is 0 Å². The summed E-state index contributed by atoms with van der Waals surface area (Å²) < 4.78 is 2.39. The average Bonchev–Trinajstić information content (AvgIpc) is 2.83. The fraction of sp³-hybridized carbons (Fsp3) is 0.125. The topological polar surface area (TPSA) is 0 Å². The molecule has 0 saturated heterocycles. The van der Waals surface area contributed by atoms with E-state index in [0.29, 0.717) is 0 Å². The third-order valence-corrected chi connectivity index (χ3v) is 5.65. The van der Waals surface area contributed by atoms with Gasteiger partial charge in [-0.25, -0.2) is 0 Å². The smallest absolute Gasteiger partial charge is 0.0849 e. The summed E-state index contributed by atoms with van der Waals surface area (Å²) in [6, 6.07) is 14.7. The molecular weight excluding hydrogens is 340 g/mol. The molecule has 0 radical (unpaired) electrons. The summed E-state index contributed by atoms with van der Waals surface area (Å²) in [7, 11) is 0. The molecule has 0 amide bonds. The number of hydrogen-bond acceptors (Lipinski definition) is 1. The Kier molecular flexibility index (Phi) is 3.66. The Labute approximate surface area is 130 Å². The standard InChI is InChI=1S/C16H12BrClS/c1-10-4-2-5-11(8-10)15(18)13-9-19-16-12(13)6-3-7-14(16)17/h2-9,15H,1H3. The first kappa shape index (κ1) is 13.2. The van der Waals surface area contributed by atoms with E-state index in [0.717, 1.165) is 10.0 Å². The van der Waals surface area contributed by atoms with Gasteiger partial charge in [0, 0.05) is 9.17 Å². The van der Waals surface area contributed by atoms with E-state index in [4.69, 9.17) is 11.6 Å². The number of benzene rings is 2.